The number of hydrogen-bond acceptors (Lipinski definition) is 5. The largest absolute Gasteiger partial charge is 0.275 e. The van der Waals surface area contributed by atoms with Crippen molar-refractivity contribution in [2.75, 3.05) is 0 Å². The van der Waals surface area contributed by atoms with E-state index in [1.165, 1.54) is 22.5 Å². The lowest BCUT2D eigenvalue weighted by Crippen LogP contribution is -2.24. The lowest BCUT2D eigenvalue weighted by Gasteiger charge is -2.15. The zero-order valence-electron chi connectivity index (χ0n) is 16.7. The van der Waals surface area contributed by atoms with Crippen molar-refractivity contribution in [1.82, 2.24) is 19.2 Å². The Hall–Kier alpha value is -2.42. The maximum absolute atomic E-state index is 13.3. The monoisotopic (exact) mass is 510 g/mol. The fourth-order valence-corrected chi connectivity index (χ4v) is 5.63. The van der Waals surface area contributed by atoms with Crippen LogP contribution in [0.2, 0.25) is 0 Å². The fourth-order valence-electron chi connectivity index (χ4n) is 3.65. The third-order valence-corrected chi connectivity index (χ3v) is 7.71. The summed E-state index contributed by atoms with van der Waals surface area (Å²) in [4.78, 5) is 13.3. The Morgan fingerprint density at radius 3 is 2.61 bits per heavy atom. The zero-order chi connectivity index (χ0) is 21.4. The average Bonchev–Trinajstić information content (AvgIpc) is 3.44. The van der Waals surface area contributed by atoms with Gasteiger partial charge in [0.15, 0.2) is 5.16 Å². The van der Waals surface area contributed by atoms with Crippen molar-refractivity contribution in [1.29, 1.82) is 0 Å². The van der Waals surface area contributed by atoms with Crippen LogP contribution in [0.3, 0.4) is 0 Å². The molecule has 8 heteroatoms. The summed E-state index contributed by atoms with van der Waals surface area (Å²) in [7, 11) is 0. The summed E-state index contributed by atoms with van der Waals surface area (Å²) >= 11 is 6.57. The Kier molecular flexibility index (Phi) is 5.69. The summed E-state index contributed by atoms with van der Waals surface area (Å²) in [5.74, 6) is 1.55. The summed E-state index contributed by atoms with van der Waals surface area (Å²) in [5, 5.41) is 11.6. The lowest BCUT2D eigenvalue weighted by atomic mass is 10.0. The van der Waals surface area contributed by atoms with E-state index in [1.54, 1.807) is 16.3 Å². The minimum absolute atomic E-state index is 0.00265. The van der Waals surface area contributed by atoms with Crippen LogP contribution in [0, 0.1) is 0 Å². The summed E-state index contributed by atoms with van der Waals surface area (Å²) in [6.07, 6.45) is 0. The van der Waals surface area contributed by atoms with Gasteiger partial charge in [-0.1, -0.05) is 77.1 Å². The molecular weight excluding hydrogens is 492 g/mol. The van der Waals surface area contributed by atoms with Crippen LogP contribution in [0.1, 0.15) is 24.0 Å². The highest BCUT2D eigenvalue weighted by Crippen LogP contribution is 2.28. The van der Waals surface area contributed by atoms with E-state index in [0.717, 1.165) is 25.6 Å². The standard InChI is InChI=1S/C23H19BrN4OS2/c1-15(17-5-3-2-4-6-17)13-27-21(29)20-19(11-12-30-20)28-22(27)25-26-23(28)31-14-16-7-9-18(24)10-8-16/h2-12,15H,13-14H2,1H3/t15-/m1/s1. The molecule has 3 aromatic heterocycles. The van der Waals surface area contributed by atoms with Crippen LogP contribution in [0.25, 0.3) is 16.0 Å². The van der Waals surface area contributed by atoms with Crippen molar-refractivity contribution < 1.29 is 0 Å². The van der Waals surface area contributed by atoms with Crippen molar-refractivity contribution in [2.45, 2.75) is 30.3 Å². The number of hydrogen-bond donors (Lipinski definition) is 0. The molecule has 1 atom stereocenters. The smallest absolute Gasteiger partial charge is 0.272 e. The Balaban J connectivity index is 1.55. The summed E-state index contributed by atoms with van der Waals surface area (Å²) in [5.41, 5.74) is 3.27. The van der Waals surface area contributed by atoms with Gasteiger partial charge in [-0.3, -0.25) is 13.8 Å². The first-order chi connectivity index (χ1) is 15.1. The number of rotatable bonds is 6. The molecule has 0 unspecified atom stereocenters. The molecule has 3 heterocycles. The van der Waals surface area contributed by atoms with E-state index in [2.05, 4.69) is 57.3 Å². The molecule has 0 radical (unpaired) electrons. The van der Waals surface area contributed by atoms with Crippen molar-refractivity contribution in [3.63, 3.8) is 0 Å². The van der Waals surface area contributed by atoms with Gasteiger partial charge in [0.2, 0.25) is 5.78 Å². The van der Waals surface area contributed by atoms with E-state index >= 15 is 0 Å². The fraction of sp³-hybridized carbons (Fsp3) is 0.174. The molecule has 0 spiro atoms. The van der Waals surface area contributed by atoms with Gasteiger partial charge in [0.1, 0.15) is 4.70 Å². The number of halogens is 1. The van der Waals surface area contributed by atoms with Crippen LogP contribution < -0.4 is 5.56 Å². The summed E-state index contributed by atoms with van der Waals surface area (Å²) < 4.78 is 5.59. The zero-order valence-corrected chi connectivity index (χ0v) is 20.0. The second-order valence-electron chi connectivity index (χ2n) is 7.40. The van der Waals surface area contributed by atoms with Gasteiger partial charge in [0.05, 0.1) is 5.52 Å². The maximum Gasteiger partial charge on any atom is 0.272 e. The molecule has 5 aromatic rings. The van der Waals surface area contributed by atoms with Gasteiger partial charge in [-0.05, 0) is 40.6 Å². The Labute approximate surface area is 195 Å². The van der Waals surface area contributed by atoms with E-state index in [0.29, 0.717) is 12.3 Å². The lowest BCUT2D eigenvalue weighted by molar-refractivity contribution is 0.588. The van der Waals surface area contributed by atoms with Gasteiger partial charge in [0, 0.05) is 16.8 Å². The molecule has 0 aliphatic rings. The number of benzene rings is 2. The van der Waals surface area contributed by atoms with Crippen LogP contribution in [0.4, 0.5) is 0 Å². The van der Waals surface area contributed by atoms with Crippen LogP contribution in [0.15, 0.2) is 80.5 Å². The molecule has 0 N–H and O–H groups in total. The molecule has 0 amide bonds. The number of thiophene rings is 1. The molecule has 0 saturated heterocycles. The number of aromatic nitrogens is 4. The van der Waals surface area contributed by atoms with Gasteiger partial charge in [-0.25, -0.2) is 0 Å². The van der Waals surface area contributed by atoms with E-state index in [-0.39, 0.29) is 11.5 Å². The van der Waals surface area contributed by atoms with Crippen LogP contribution in [-0.4, -0.2) is 19.2 Å². The number of nitrogens with zero attached hydrogens (tertiary/aromatic N) is 4. The van der Waals surface area contributed by atoms with E-state index in [4.69, 9.17) is 0 Å². The highest BCUT2D eigenvalue weighted by atomic mass is 79.9. The molecule has 31 heavy (non-hydrogen) atoms. The number of fused-ring (bicyclic) bond motifs is 3. The first kappa shape index (κ1) is 20.5. The first-order valence-electron chi connectivity index (χ1n) is 9.89. The van der Waals surface area contributed by atoms with E-state index in [1.807, 2.05) is 46.2 Å². The van der Waals surface area contributed by atoms with Gasteiger partial charge < -0.3 is 0 Å². The predicted molar refractivity (Wildman–Crippen MR) is 131 cm³/mol. The van der Waals surface area contributed by atoms with Crippen LogP contribution in [-0.2, 0) is 12.3 Å². The highest BCUT2D eigenvalue weighted by Gasteiger charge is 2.19. The second-order valence-corrected chi connectivity index (χ2v) is 10.2. The second kappa shape index (κ2) is 8.61. The maximum atomic E-state index is 13.3. The predicted octanol–water partition coefficient (Wildman–Crippen LogP) is 5.96. The molecular formula is C23H19BrN4OS2. The van der Waals surface area contributed by atoms with Crippen molar-refractivity contribution in [2.24, 2.45) is 0 Å². The average molecular weight is 511 g/mol. The van der Waals surface area contributed by atoms with Gasteiger partial charge in [0.25, 0.3) is 5.56 Å². The Bertz CT molecular complexity index is 1410. The van der Waals surface area contributed by atoms with Gasteiger partial charge in [-0.2, -0.15) is 0 Å². The molecule has 0 aliphatic carbocycles. The number of thioether (sulfide) groups is 1. The van der Waals surface area contributed by atoms with Crippen LogP contribution in [0.5, 0.6) is 0 Å². The van der Waals surface area contributed by atoms with Crippen molar-refractivity contribution in [3.05, 3.63) is 92.0 Å². The minimum atomic E-state index is -0.00265. The van der Waals surface area contributed by atoms with Crippen LogP contribution >= 0.6 is 39.0 Å². The molecule has 0 aliphatic heterocycles. The van der Waals surface area contributed by atoms with E-state index < -0.39 is 0 Å². The van der Waals surface area contributed by atoms with E-state index in [9.17, 15) is 4.79 Å². The summed E-state index contributed by atoms with van der Waals surface area (Å²) in [6.45, 7) is 2.69. The molecule has 5 nitrogen and oxygen atoms in total. The first-order valence-corrected chi connectivity index (χ1v) is 12.5. The normalized spacial score (nSPS) is 12.6. The highest BCUT2D eigenvalue weighted by molar-refractivity contribution is 9.10. The molecule has 0 bridgehead atoms. The third-order valence-electron chi connectivity index (χ3n) is 5.29. The van der Waals surface area contributed by atoms with Crippen molar-refractivity contribution in [3.8, 4) is 0 Å². The van der Waals surface area contributed by atoms with Gasteiger partial charge in [-0.15, -0.1) is 21.5 Å². The Morgan fingerprint density at radius 1 is 1.06 bits per heavy atom. The Morgan fingerprint density at radius 2 is 1.84 bits per heavy atom. The minimum Gasteiger partial charge on any atom is -0.275 e. The van der Waals surface area contributed by atoms with Crippen molar-refractivity contribution >= 4 is 55.0 Å². The molecule has 2 aromatic carbocycles. The SMILES string of the molecule is C[C@H](Cn1c(=O)c2sccc2n2c(SCc3ccc(Br)cc3)nnc12)c1ccccc1. The molecule has 0 saturated carbocycles. The quantitative estimate of drug-likeness (QED) is 0.264. The van der Waals surface area contributed by atoms with Gasteiger partial charge >= 0.3 is 0 Å². The molecule has 0 fully saturated rings. The topological polar surface area (TPSA) is 52.2 Å². The molecule has 5 rings (SSSR count). The summed E-state index contributed by atoms with van der Waals surface area (Å²) in [6, 6.07) is 20.5. The molecule has 156 valence electrons. The third kappa shape index (κ3) is 3.95.